The monoisotopic (exact) mass is 280 g/mol. The van der Waals surface area contributed by atoms with Gasteiger partial charge in [0.15, 0.2) is 21.4 Å². The average molecular weight is 280 g/mol. The van der Waals surface area contributed by atoms with E-state index in [1.807, 2.05) is 0 Å². The van der Waals surface area contributed by atoms with E-state index in [0.717, 1.165) is 11.1 Å². The Morgan fingerprint density at radius 1 is 1.21 bits per heavy atom. The quantitative estimate of drug-likeness (QED) is 0.931. The zero-order chi connectivity index (χ0) is 14.3. The summed E-state index contributed by atoms with van der Waals surface area (Å²) in [7, 11) is -3.18. The number of rotatable bonds is 3. The Labute approximate surface area is 112 Å². The highest BCUT2D eigenvalue weighted by Gasteiger charge is 2.32. The third-order valence-corrected chi connectivity index (χ3v) is 5.41. The number of anilines is 1. The molecule has 0 fully saturated rings. The molecule has 0 atom stereocenters. The molecule has 5 nitrogen and oxygen atoms in total. The summed E-state index contributed by atoms with van der Waals surface area (Å²) < 4.78 is 27.7. The van der Waals surface area contributed by atoms with Gasteiger partial charge in [-0.05, 0) is 19.4 Å². The highest BCUT2D eigenvalue weighted by molar-refractivity contribution is 7.91. The highest BCUT2D eigenvalue weighted by Crippen LogP contribution is 2.31. The van der Waals surface area contributed by atoms with Crippen molar-refractivity contribution >= 4 is 15.7 Å². The van der Waals surface area contributed by atoms with Crippen molar-refractivity contribution in [3.05, 3.63) is 35.9 Å². The lowest BCUT2D eigenvalue weighted by Crippen LogP contribution is -2.27. The smallest absolute Gasteiger partial charge is 0.169 e. The van der Waals surface area contributed by atoms with Crippen LogP contribution in [0.15, 0.2) is 34.9 Å². The van der Waals surface area contributed by atoms with Gasteiger partial charge < -0.3 is 10.3 Å². The molecule has 102 valence electrons. The van der Waals surface area contributed by atoms with Crippen molar-refractivity contribution < 1.29 is 12.9 Å². The maximum absolute atomic E-state index is 11.8. The van der Waals surface area contributed by atoms with Crippen molar-refractivity contribution in [2.75, 3.05) is 12.0 Å². The lowest BCUT2D eigenvalue weighted by molar-refractivity contribution is 0.436. The van der Waals surface area contributed by atoms with Crippen LogP contribution in [0.2, 0.25) is 0 Å². The molecule has 1 aromatic heterocycles. The van der Waals surface area contributed by atoms with Crippen LogP contribution in [0, 0.1) is 0 Å². The van der Waals surface area contributed by atoms with Gasteiger partial charge in [-0.15, -0.1) is 0 Å². The Kier molecular flexibility index (Phi) is 3.14. The van der Waals surface area contributed by atoms with Gasteiger partial charge in [0.1, 0.15) is 0 Å². The summed E-state index contributed by atoms with van der Waals surface area (Å²) in [5.41, 5.74) is 7.02. The molecule has 1 aromatic carbocycles. The van der Waals surface area contributed by atoms with E-state index < -0.39 is 14.6 Å². The van der Waals surface area contributed by atoms with Crippen LogP contribution in [0.3, 0.4) is 0 Å². The largest absolute Gasteiger partial charge is 0.381 e. The Hall–Kier alpha value is -1.82. The molecule has 0 amide bonds. The molecule has 0 bridgehead atoms. The van der Waals surface area contributed by atoms with Gasteiger partial charge in [0.2, 0.25) is 0 Å². The second kappa shape index (κ2) is 4.38. The number of hydrogen-bond donors (Lipinski definition) is 1. The van der Waals surface area contributed by atoms with Crippen LogP contribution in [0.5, 0.6) is 0 Å². The molecule has 0 aliphatic carbocycles. The van der Waals surface area contributed by atoms with Crippen LogP contribution < -0.4 is 5.73 Å². The Morgan fingerprint density at radius 2 is 1.79 bits per heavy atom. The van der Waals surface area contributed by atoms with Crippen molar-refractivity contribution in [2.45, 2.75) is 18.6 Å². The lowest BCUT2D eigenvalue weighted by Gasteiger charge is -2.23. The van der Waals surface area contributed by atoms with Crippen molar-refractivity contribution in [1.29, 1.82) is 0 Å². The number of sulfone groups is 1. The van der Waals surface area contributed by atoms with Gasteiger partial charge in [-0.2, -0.15) is 0 Å². The molecule has 6 heteroatoms. The third kappa shape index (κ3) is 2.49. The van der Waals surface area contributed by atoms with Crippen molar-refractivity contribution in [3.63, 3.8) is 0 Å². The number of aromatic nitrogens is 1. The standard InChI is InChI=1S/C13H16N2O3S/c1-13(2,19(3,16)17)10-6-4-9(5-7-10)11-8-12(14)15-18-11/h4-8H,1-3H3,(H2,14,15). The topological polar surface area (TPSA) is 86.2 Å². The van der Waals surface area contributed by atoms with Gasteiger partial charge in [0, 0.05) is 17.9 Å². The molecular formula is C13H16N2O3S. The van der Waals surface area contributed by atoms with Crippen LogP contribution in [0.1, 0.15) is 19.4 Å². The van der Waals surface area contributed by atoms with E-state index in [4.69, 9.17) is 10.3 Å². The first kappa shape index (κ1) is 13.6. The van der Waals surface area contributed by atoms with Crippen LogP contribution >= 0.6 is 0 Å². The summed E-state index contributed by atoms with van der Waals surface area (Å²) in [5, 5.41) is 3.61. The third-order valence-electron chi connectivity index (χ3n) is 3.32. The van der Waals surface area contributed by atoms with Gasteiger partial charge in [0.25, 0.3) is 0 Å². The number of benzene rings is 1. The normalized spacial score (nSPS) is 12.6. The summed E-state index contributed by atoms with van der Waals surface area (Å²) in [4.78, 5) is 0. The number of nitrogens with zero attached hydrogens (tertiary/aromatic N) is 1. The zero-order valence-electron chi connectivity index (χ0n) is 11.0. The molecular weight excluding hydrogens is 264 g/mol. The van der Waals surface area contributed by atoms with Crippen LogP contribution in [0.25, 0.3) is 11.3 Å². The molecule has 0 aliphatic rings. The van der Waals surface area contributed by atoms with Crippen molar-refractivity contribution in [3.8, 4) is 11.3 Å². The fourth-order valence-electron chi connectivity index (χ4n) is 1.67. The first-order valence-electron chi connectivity index (χ1n) is 5.74. The van der Waals surface area contributed by atoms with Crippen LogP contribution in [0.4, 0.5) is 5.82 Å². The van der Waals surface area contributed by atoms with Crippen LogP contribution in [-0.4, -0.2) is 19.8 Å². The molecule has 0 aliphatic heterocycles. The molecule has 2 rings (SSSR count). The molecule has 2 aromatic rings. The fourth-order valence-corrected chi connectivity index (χ4v) is 2.24. The number of hydrogen-bond acceptors (Lipinski definition) is 5. The summed E-state index contributed by atoms with van der Waals surface area (Å²) in [6.07, 6.45) is 1.23. The van der Waals surface area contributed by atoms with Gasteiger partial charge >= 0.3 is 0 Å². The average Bonchev–Trinajstić information content (AvgIpc) is 2.74. The Morgan fingerprint density at radius 3 is 2.21 bits per heavy atom. The fraction of sp³-hybridized carbons (Fsp3) is 0.308. The maximum atomic E-state index is 11.8. The molecule has 0 radical (unpaired) electrons. The minimum absolute atomic E-state index is 0.315. The van der Waals surface area contributed by atoms with Gasteiger partial charge in [-0.25, -0.2) is 8.42 Å². The molecule has 0 saturated carbocycles. The van der Waals surface area contributed by atoms with Gasteiger partial charge in [0.05, 0.1) is 4.75 Å². The van der Waals surface area contributed by atoms with Crippen molar-refractivity contribution in [1.82, 2.24) is 5.16 Å². The van der Waals surface area contributed by atoms with E-state index in [1.54, 1.807) is 44.2 Å². The maximum Gasteiger partial charge on any atom is 0.169 e. The SMILES string of the molecule is CC(C)(c1ccc(-c2cc(N)no2)cc1)S(C)(=O)=O. The van der Waals surface area contributed by atoms with E-state index in [1.165, 1.54) is 6.26 Å². The zero-order valence-corrected chi connectivity index (χ0v) is 11.9. The van der Waals surface area contributed by atoms with E-state index in [0.29, 0.717) is 11.6 Å². The molecule has 19 heavy (non-hydrogen) atoms. The summed E-state index contributed by atoms with van der Waals surface area (Å²) in [5.74, 6) is 0.872. The molecule has 0 saturated heterocycles. The predicted molar refractivity (Wildman–Crippen MR) is 74.2 cm³/mol. The molecule has 2 N–H and O–H groups in total. The van der Waals surface area contributed by atoms with Gasteiger partial charge in [-0.1, -0.05) is 29.4 Å². The Balaban J connectivity index is 2.39. The molecule has 0 spiro atoms. The van der Waals surface area contributed by atoms with E-state index >= 15 is 0 Å². The minimum atomic E-state index is -3.18. The number of nitrogen functional groups attached to an aromatic ring is 1. The van der Waals surface area contributed by atoms with Crippen molar-refractivity contribution in [2.24, 2.45) is 0 Å². The summed E-state index contributed by atoms with van der Waals surface area (Å²) >= 11 is 0. The van der Waals surface area contributed by atoms with Crippen LogP contribution in [-0.2, 0) is 14.6 Å². The second-order valence-corrected chi connectivity index (χ2v) is 7.54. The lowest BCUT2D eigenvalue weighted by atomic mass is 10.0. The Bertz CT molecular complexity index is 685. The van der Waals surface area contributed by atoms with E-state index in [9.17, 15) is 8.42 Å². The predicted octanol–water partition coefficient (Wildman–Crippen LogP) is 2.20. The first-order chi connectivity index (χ1) is 8.72. The summed E-state index contributed by atoms with van der Waals surface area (Å²) in [6, 6.07) is 8.76. The van der Waals surface area contributed by atoms with E-state index in [2.05, 4.69) is 5.16 Å². The second-order valence-electron chi connectivity index (χ2n) is 4.98. The number of nitrogens with two attached hydrogens (primary N) is 1. The van der Waals surface area contributed by atoms with E-state index in [-0.39, 0.29) is 0 Å². The minimum Gasteiger partial charge on any atom is -0.381 e. The van der Waals surface area contributed by atoms with Gasteiger partial charge in [-0.3, -0.25) is 0 Å². The first-order valence-corrected chi connectivity index (χ1v) is 7.63. The summed E-state index contributed by atoms with van der Waals surface area (Å²) in [6.45, 7) is 3.37. The molecule has 1 heterocycles. The highest BCUT2D eigenvalue weighted by atomic mass is 32.2. The molecule has 0 unspecified atom stereocenters.